The van der Waals surface area contributed by atoms with Gasteiger partial charge in [-0.1, -0.05) is 30.3 Å². The molecule has 1 heterocycles. The summed E-state index contributed by atoms with van der Waals surface area (Å²) in [5.74, 6) is 0.551. The van der Waals surface area contributed by atoms with Gasteiger partial charge in [0.05, 0.1) is 21.3 Å². The molecule has 1 amide bonds. The number of anilines is 1. The fraction of sp³-hybridized carbons (Fsp3) is 0.182. The molecule has 1 N–H and O–H groups in total. The van der Waals surface area contributed by atoms with Crippen LogP contribution in [0.2, 0.25) is 0 Å². The second-order valence-electron chi connectivity index (χ2n) is 6.89. The van der Waals surface area contributed by atoms with Gasteiger partial charge in [0.25, 0.3) is 15.9 Å². The van der Waals surface area contributed by atoms with Crippen molar-refractivity contribution in [3.63, 3.8) is 0 Å². The largest absolute Gasteiger partial charge is 0.459 e. The van der Waals surface area contributed by atoms with Crippen molar-refractivity contribution in [1.82, 2.24) is 5.43 Å². The number of nitrogens with zero attached hydrogens (tertiary/aromatic N) is 2. The number of carbonyl (C=O) groups excluding carboxylic acids is 1. The molecule has 0 bridgehead atoms. The summed E-state index contributed by atoms with van der Waals surface area (Å²) in [7, 11) is -3.97. The zero-order valence-corrected chi connectivity index (χ0v) is 19.7. The Morgan fingerprint density at radius 1 is 1.13 bits per heavy atom. The first kappa shape index (κ1) is 22.8. The van der Waals surface area contributed by atoms with Crippen molar-refractivity contribution in [2.24, 2.45) is 5.10 Å². The van der Waals surface area contributed by atoms with Crippen LogP contribution in [0.1, 0.15) is 22.6 Å². The van der Waals surface area contributed by atoms with Gasteiger partial charge in [-0.2, -0.15) is 5.10 Å². The van der Waals surface area contributed by atoms with Crippen molar-refractivity contribution in [3.8, 4) is 0 Å². The molecule has 9 heteroatoms. The number of benzene rings is 2. The summed E-state index contributed by atoms with van der Waals surface area (Å²) in [5, 5.41) is 3.88. The van der Waals surface area contributed by atoms with Crippen molar-refractivity contribution in [3.05, 3.63) is 81.7 Å². The lowest BCUT2D eigenvalue weighted by Crippen LogP contribution is -2.40. The quantitative estimate of drug-likeness (QED) is 0.384. The third kappa shape index (κ3) is 5.23. The van der Waals surface area contributed by atoms with Gasteiger partial charge in [-0.3, -0.25) is 9.10 Å². The number of carbonyl (C=O) groups is 1. The molecule has 0 saturated heterocycles. The first-order valence-electron chi connectivity index (χ1n) is 9.42. The molecule has 0 saturated carbocycles. The molecule has 0 aliphatic heterocycles. The van der Waals surface area contributed by atoms with Gasteiger partial charge in [-0.05, 0) is 66.0 Å². The lowest BCUT2D eigenvalue weighted by Gasteiger charge is -2.25. The van der Waals surface area contributed by atoms with E-state index < -0.39 is 22.5 Å². The van der Waals surface area contributed by atoms with Crippen LogP contribution in [0.4, 0.5) is 5.69 Å². The van der Waals surface area contributed by atoms with E-state index in [-0.39, 0.29) is 4.90 Å². The van der Waals surface area contributed by atoms with E-state index >= 15 is 0 Å². The Kier molecular flexibility index (Phi) is 6.97. The van der Waals surface area contributed by atoms with Gasteiger partial charge < -0.3 is 4.42 Å². The fourth-order valence-corrected chi connectivity index (χ4v) is 4.71. The number of sulfonamides is 1. The molecule has 0 spiro atoms. The number of hydrogen-bond acceptors (Lipinski definition) is 5. The molecule has 0 fully saturated rings. The van der Waals surface area contributed by atoms with E-state index in [9.17, 15) is 13.2 Å². The fourth-order valence-electron chi connectivity index (χ4n) is 2.90. The second-order valence-corrected chi connectivity index (χ2v) is 9.61. The summed E-state index contributed by atoms with van der Waals surface area (Å²) in [6.07, 6.45) is 1.35. The Morgan fingerprint density at radius 3 is 2.48 bits per heavy atom. The maximum atomic E-state index is 13.4. The third-order valence-corrected chi connectivity index (χ3v) is 7.28. The number of nitrogens with one attached hydrogen (secondary N) is 1. The summed E-state index contributed by atoms with van der Waals surface area (Å²) < 4.78 is 34.0. The number of aryl methyl sites for hydroxylation is 2. The number of hydrazone groups is 1. The third-order valence-electron chi connectivity index (χ3n) is 4.72. The van der Waals surface area contributed by atoms with Crippen molar-refractivity contribution in [2.45, 2.75) is 25.7 Å². The molecular formula is C22H22BrN3O4S. The van der Waals surface area contributed by atoms with E-state index in [1.54, 1.807) is 43.3 Å². The second kappa shape index (κ2) is 9.49. The Bertz CT molecular complexity index is 1200. The molecule has 0 aliphatic rings. The van der Waals surface area contributed by atoms with Crippen molar-refractivity contribution < 1.29 is 17.6 Å². The summed E-state index contributed by atoms with van der Waals surface area (Å²) >= 11 is 3.34. The molecule has 3 rings (SSSR count). The minimum absolute atomic E-state index is 0.100. The van der Waals surface area contributed by atoms with Crippen LogP contribution in [0.25, 0.3) is 0 Å². The maximum Gasteiger partial charge on any atom is 0.264 e. The van der Waals surface area contributed by atoms with Crippen molar-refractivity contribution >= 4 is 43.8 Å². The van der Waals surface area contributed by atoms with E-state index in [1.807, 2.05) is 19.9 Å². The highest BCUT2D eigenvalue weighted by atomic mass is 79.9. The van der Waals surface area contributed by atoms with Gasteiger partial charge >= 0.3 is 0 Å². The lowest BCUT2D eigenvalue weighted by molar-refractivity contribution is -0.119. The van der Waals surface area contributed by atoms with Gasteiger partial charge in [0, 0.05) is 6.07 Å². The molecule has 3 aromatic rings. The van der Waals surface area contributed by atoms with Crippen LogP contribution in [0.5, 0.6) is 0 Å². The van der Waals surface area contributed by atoms with Gasteiger partial charge in [-0.25, -0.2) is 13.8 Å². The predicted molar refractivity (Wildman–Crippen MR) is 124 cm³/mol. The number of amides is 1. The zero-order valence-electron chi connectivity index (χ0n) is 17.3. The van der Waals surface area contributed by atoms with E-state index in [1.165, 1.54) is 18.3 Å². The first-order chi connectivity index (χ1) is 14.7. The number of halogens is 1. The molecule has 31 heavy (non-hydrogen) atoms. The topological polar surface area (TPSA) is 92.0 Å². The van der Waals surface area contributed by atoms with Gasteiger partial charge in [0.1, 0.15) is 18.1 Å². The van der Waals surface area contributed by atoms with Crippen LogP contribution >= 0.6 is 15.9 Å². The summed E-state index contributed by atoms with van der Waals surface area (Å²) in [6.45, 7) is 5.07. The van der Waals surface area contributed by atoms with Gasteiger partial charge in [0.15, 0.2) is 0 Å². The Balaban J connectivity index is 1.88. The summed E-state index contributed by atoms with van der Waals surface area (Å²) in [6, 6.07) is 15.1. The smallest absolute Gasteiger partial charge is 0.264 e. The van der Waals surface area contributed by atoms with E-state index in [0.29, 0.717) is 17.2 Å². The molecule has 0 atom stereocenters. The van der Waals surface area contributed by atoms with Crippen LogP contribution in [0.15, 0.2) is 73.5 Å². The van der Waals surface area contributed by atoms with E-state index in [0.717, 1.165) is 19.9 Å². The van der Waals surface area contributed by atoms with E-state index in [2.05, 4.69) is 26.5 Å². The Hall–Kier alpha value is -2.91. The number of rotatable bonds is 7. The predicted octanol–water partition coefficient (Wildman–Crippen LogP) is 4.31. The zero-order chi connectivity index (χ0) is 22.6. The van der Waals surface area contributed by atoms with Crippen molar-refractivity contribution in [2.75, 3.05) is 10.8 Å². The molecule has 0 unspecified atom stereocenters. The monoisotopic (exact) mass is 503 g/mol. The highest BCUT2D eigenvalue weighted by Crippen LogP contribution is 2.28. The van der Waals surface area contributed by atoms with Gasteiger partial charge in [-0.15, -0.1) is 0 Å². The molecule has 2 aromatic carbocycles. The highest BCUT2D eigenvalue weighted by Gasteiger charge is 2.28. The minimum Gasteiger partial charge on any atom is -0.459 e. The van der Waals surface area contributed by atoms with Crippen LogP contribution in [-0.4, -0.2) is 27.1 Å². The van der Waals surface area contributed by atoms with E-state index in [4.69, 9.17) is 4.42 Å². The average Bonchev–Trinajstić information content (AvgIpc) is 3.06. The van der Waals surface area contributed by atoms with Gasteiger partial charge in [0.2, 0.25) is 0 Å². The lowest BCUT2D eigenvalue weighted by atomic mass is 10.1. The average molecular weight is 504 g/mol. The van der Waals surface area contributed by atoms with Crippen LogP contribution in [0.3, 0.4) is 0 Å². The Labute approximate surface area is 189 Å². The van der Waals surface area contributed by atoms with Crippen LogP contribution in [-0.2, 0) is 14.8 Å². The SMILES string of the molecule is Cc1cccc(N(CC(=O)N/N=C\c2cc(Br)c(C)o2)S(=O)(=O)c2ccccc2)c1C. The molecule has 0 radical (unpaired) electrons. The summed E-state index contributed by atoms with van der Waals surface area (Å²) in [4.78, 5) is 12.7. The molecule has 162 valence electrons. The highest BCUT2D eigenvalue weighted by molar-refractivity contribution is 9.10. The molecule has 0 aliphatic carbocycles. The first-order valence-corrected chi connectivity index (χ1v) is 11.7. The normalized spacial score (nSPS) is 11.6. The Morgan fingerprint density at radius 2 is 1.84 bits per heavy atom. The minimum atomic E-state index is -3.97. The molecule has 1 aromatic heterocycles. The molecular weight excluding hydrogens is 482 g/mol. The van der Waals surface area contributed by atoms with Crippen LogP contribution in [0, 0.1) is 20.8 Å². The number of furan rings is 1. The molecule has 7 nitrogen and oxygen atoms in total. The van der Waals surface area contributed by atoms with Crippen molar-refractivity contribution in [1.29, 1.82) is 0 Å². The van der Waals surface area contributed by atoms with Crippen LogP contribution < -0.4 is 9.73 Å². The standard InChI is InChI=1S/C22H22BrN3O4S/c1-15-8-7-11-21(16(15)2)26(31(28,29)19-9-5-4-6-10-19)14-22(27)25-24-13-18-12-20(23)17(3)30-18/h4-13H,14H2,1-3H3,(H,25,27)/b24-13-. The maximum absolute atomic E-state index is 13.4. The number of hydrogen-bond donors (Lipinski definition) is 1. The summed E-state index contributed by atoms with van der Waals surface area (Å²) in [5.41, 5.74) is 4.50.